The van der Waals surface area contributed by atoms with Gasteiger partial charge in [-0.1, -0.05) is 41.4 Å². The predicted octanol–water partition coefficient (Wildman–Crippen LogP) is 4.79. The van der Waals surface area contributed by atoms with Crippen molar-refractivity contribution < 1.29 is 9.18 Å². The lowest BCUT2D eigenvalue weighted by atomic mass is 10.2. The van der Waals surface area contributed by atoms with Gasteiger partial charge in [0.2, 0.25) is 0 Å². The number of benzene rings is 2. The molecule has 0 unspecified atom stereocenters. The summed E-state index contributed by atoms with van der Waals surface area (Å²) in [6.07, 6.45) is 2.72. The third kappa shape index (κ3) is 4.47. The van der Waals surface area contributed by atoms with Crippen molar-refractivity contribution in [3.63, 3.8) is 0 Å². The maximum Gasteiger partial charge on any atom is 0.275 e. The van der Waals surface area contributed by atoms with Crippen LogP contribution in [-0.2, 0) is 6.54 Å². The summed E-state index contributed by atoms with van der Waals surface area (Å²) < 4.78 is 13.6. The molecule has 0 atom stereocenters. The van der Waals surface area contributed by atoms with Gasteiger partial charge in [-0.25, -0.2) is 14.4 Å². The minimum Gasteiger partial charge on any atom is -0.365 e. The first-order valence-electron chi connectivity index (χ1n) is 7.58. The Labute approximate surface area is 159 Å². The van der Waals surface area contributed by atoms with E-state index >= 15 is 0 Å². The molecule has 0 bridgehead atoms. The van der Waals surface area contributed by atoms with Crippen LogP contribution in [-0.4, -0.2) is 15.9 Å². The van der Waals surface area contributed by atoms with E-state index in [2.05, 4.69) is 20.6 Å². The molecule has 0 radical (unpaired) electrons. The molecule has 26 heavy (non-hydrogen) atoms. The smallest absolute Gasteiger partial charge is 0.275 e. The second kappa shape index (κ2) is 8.12. The van der Waals surface area contributed by atoms with Crippen molar-refractivity contribution in [2.45, 2.75) is 6.54 Å². The van der Waals surface area contributed by atoms with Gasteiger partial charge in [0.05, 0.1) is 23.1 Å². The molecule has 0 spiro atoms. The summed E-state index contributed by atoms with van der Waals surface area (Å²) in [7, 11) is 0. The van der Waals surface area contributed by atoms with E-state index < -0.39 is 5.91 Å². The van der Waals surface area contributed by atoms with E-state index in [0.29, 0.717) is 27.1 Å². The average Bonchev–Trinajstić information content (AvgIpc) is 2.64. The minimum atomic E-state index is -0.456. The molecule has 3 aromatic rings. The lowest BCUT2D eigenvalue weighted by Crippen LogP contribution is -2.15. The molecule has 0 aliphatic heterocycles. The quantitative estimate of drug-likeness (QED) is 0.657. The Bertz CT molecular complexity index is 935. The summed E-state index contributed by atoms with van der Waals surface area (Å²) in [5, 5.41) is 6.38. The SMILES string of the molecule is O=C(Nc1ccc(Cl)cc1Cl)c1cnc(NCc2ccccc2F)cn1. The largest absolute Gasteiger partial charge is 0.365 e. The van der Waals surface area contributed by atoms with Crippen LogP contribution in [0.5, 0.6) is 0 Å². The molecule has 0 saturated carbocycles. The number of aromatic nitrogens is 2. The Hall–Kier alpha value is -2.70. The van der Waals surface area contributed by atoms with Crippen LogP contribution in [0, 0.1) is 5.82 Å². The summed E-state index contributed by atoms with van der Waals surface area (Å²) in [4.78, 5) is 20.4. The number of carbonyl (C=O) groups is 1. The molecule has 2 aromatic carbocycles. The zero-order valence-electron chi connectivity index (χ0n) is 13.3. The van der Waals surface area contributed by atoms with Crippen LogP contribution in [0.25, 0.3) is 0 Å². The zero-order chi connectivity index (χ0) is 18.5. The summed E-state index contributed by atoms with van der Waals surface area (Å²) in [6.45, 7) is 0.257. The highest BCUT2D eigenvalue weighted by Crippen LogP contribution is 2.25. The van der Waals surface area contributed by atoms with E-state index in [0.717, 1.165) is 0 Å². The standard InChI is InChI=1S/C18H13Cl2FN4O/c19-12-5-6-15(13(20)7-12)25-18(26)16-9-24-17(10-22-16)23-8-11-3-1-2-4-14(11)21/h1-7,9-10H,8H2,(H,23,24)(H,25,26). The van der Waals surface area contributed by atoms with Crippen LogP contribution in [0.2, 0.25) is 10.0 Å². The number of amides is 1. The number of nitrogens with zero attached hydrogens (tertiary/aromatic N) is 2. The fraction of sp³-hybridized carbons (Fsp3) is 0.0556. The molecule has 132 valence electrons. The molecule has 0 saturated heterocycles. The zero-order valence-corrected chi connectivity index (χ0v) is 14.9. The van der Waals surface area contributed by atoms with E-state index in [1.807, 2.05) is 0 Å². The van der Waals surface area contributed by atoms with E-state index in [1.54, 1.807) is 30.3 Å². The summed E-state index contributed by atoms with van der Waals surface area (Å²) in [5.41, 5.74) is 1.05. The number of hydrogen-bond acceptors (Lipinski definition) is 4. The van der Waals surface area contributed by atoms with E-state index in [-0.39, 0.29) is 18.1 Å². The second-order valence-corrected chi connectivity index (χ2v) is 6.15. The third-order valence-electron chi connectivity index (χ3n) is 3.48. The van der Waals surface area contributed by atoms with E-state index in [1.165, 1.54) is 24.5 Å². The highest BCUT2D eigenvalue weighted by atomic mass is 35.5. The Kier molecular flexibility index (Phi) is 5.65. The molecule has 1 heterocycles. The number of nitrogens with one attached hydrogen (secondary N) is 2. The van der Waals surface area contributed by atoms with Gasteiger partial charge in [-0.05, 0) is 24.3 Å². The minimum absolute atomic E-state index is 0.118. The topological polar surface area (TPSA) is 66.9 Å². The van der Waals surface area contributed by atoms with Crippen LogP contribution in [0.1, 0.15) is 16.1 Å². The first-order chi connectivity index (χ1) is 12.5. The summed E-state index contributed by atoms with van der Waals surface area (Å²) >= 11 is 11.8. The van der Waals surface area contributed by atoms with Gasteiger partial charge < -0.3 is 10.6 Å². The lowest BCUT2D eigenvalue weighted by Gasteiger charge is -2.08. The predicted molar refractivity (Wildman–Crippen MR) is 100 cm³/mol. The van der Waals surface area contributed by atoms with Crippen LogP contribution in [0.15, 0.2) is 54.9 Å². The monoisotopic (exact) mass is 390 g/mol. The van der Waals surface area contributed by atoms with Gasteiger partial charge in [-0.15, -0.1) is 0 Å². The molecule has 0 fully saturated rings. The molecule has 3 rings (SSSR count). The Morgan fingerprint density at radius 2 is 1.88 bits per heavy atom. The molecule has 1 amide bonds. The van der Waals surface area contributed by atoms with Crippen molar-refractivity contribution in [3.8, 4) is 0 Å². The maximum atomic E-state index is 13.6. The number of hydrogen-bond donors (Lipinski definition) is 2. The fourth-order valence-corrected chi connectivity index (χ4v) is 2.60. The van der Waals surface area contributed by atoms with Crippen molar-refractivity contribution in [2.24, 2.45) is 0 Å². The molecule has 8 heteroatoms. The van der Waals surface area contributed by atoms with Crippen molar-refractivity contribution in [1.82, 2.24) is 9.97 Å². The van der Waals surface area contributed by atoms with Crippen LogP contribution >= 0.6 is 23.2 Å². The summed E-state index contributed by atoms with van der Waals surface area (Å²) in [5.74, 6) is -0.333. The first-order valence-corrected chi connectivity index (χ1v) is 8.34. The number of halogens is 3. The van der Waals surface area contributed by atoms with Gasteiger partial charge in [0, 0.05) is 17.1 Å². The maximum absolute atomic E-state index is 13.6. The Balaban J connectivity index is 1.63. The van der Waals surface area contributed by atoms with Crippen molar-refractivity contribution in [3.05, 3.63) is 82.0 Å². The molecular weight excluding hydrogens is 378 g/mol. The second-order valence-electron chi connectivity index (χ2n) is 5.31. The fourth-order valence-electron chi connectivity index (χ4n) is 2.14. The van der Waals surface area contributed by atoms with Gasteiger partial charge in [0.1, 0.15) is 17.3 Å². The molecule has 2 N–H and O–H groups in total. The molecule has 1 aromatic heterocycles. The molecule has 5 nitrogen and oxygen atoms in total. The summed E-state index contributed by atoms with van der Waals surface area (Å²) in [6, 6.07) is 11.2. The van der Waals surface area contributed by atoms with Gasteiger partial charge >= 0.3 is 0 Å². The number of anilines is 2. The van der Waals surface area contributed by atoms with Gasteiger partial charge in [0.25, 0.3) is 5.91 Å². The highest BCUT2D eigenvalue weighted by molar-refractivity contribution is 6.36. The number of rotatable bonds is 5. The van der Waals surface area contributed by atoms with Gasteiger partial charge in [-0.2, -0.15) is 0 Å². The van der Waals surface area contributed by atoms with Crippen molar-refractivity contribution in [1.29, 1.82) is 0 Å². The Morgan fingerprint density at radius 1 is 1.08 bits per heavy atom. The third-order valence-corrected chi connectivity index (χ3v) is 4.03. The highest BCUT2D eigenvalue weighted by Gasteiger charge is 2.11. The first kappa shape index (κ1) is 18.1. The Morgan fingerprint density at radius 3 is 2.58 bits per heavy atom. The van der Waals surface area contributed by atoms with Crippen LogP contribution in [0.4, 0.5) is 15.9 Å². The lowest BCUT2D eigenvalue weighted by molar-refractivity contribution is 0.102. The van der Waals surface area contributed by atoms with Gasteiger partial charge in [-0.3, -0.25) is 4.79 Å². The average molecular weight is 391 g/mol. The molecule has 0 aliphatic carbocycles. The van der Waals surface area contributed by atoms with Gasteiger partial charge in [0.15, 0.2) is 0 Å². The van der Waals surface area contributed by atoms with E-state index in [9.17, 15) is 9.18 Å². The van der Waals surface area contributed by atoms with Crippen LogP contribution in [0.3, 0.4) is 0 Å². The molecular formula is C18H13Cl2FN4O. The normalized spacial score (nSPS) is 10.4. The molecule has 0 aliphatic rings. The number of carbonyl (C=O) groups excluding carboxylic acids is 1. The van der Waals surface area contributed by atoms with E-state index in [4.69, 9.17) is 23.2 Å². The van der Waals surface area contributed by atoms with Crippen molar-refractivity contribution >= 4 is 40.6 Å². The van der Waals surface area contributed by atoms with Crippen LogP contribution < -0.4 is 10.6 Å². The van der Waals surface area contributed by atoms with Crippen molar-refractivity contribution in [2.75, 3.05) is 10.6 Å².